The summed E-state index contributed by atoms with van der Waals surface area (Å²) in [5.74, 6) is 0.0134. The van der Waals surface area contributed by atoms with Crippen LogP contribution in [0.3, 0.4) is 0 Å². The first-order valence-corrected chi connectivity index (χ1v) is 7.86. The van der Waals surface area contributed by atoms with Crippen molar-refractivity contribution in [3.05, 3.63) is 28.7 Å². The van der Waals surface area contributed by atoms with Crippen LogP contribution in [0.25, 0.3) is 0 Å². The lowest BCUT2D eigenvalue weighted by Gasteiger charge is -2.24. The van der Waals surface area contributed by atoms with Gasteiger partial charge in [-0.25, -0.2) is 0 Å². The second-order valence-electron chi connectivity index (χ2n) is 5.27. The van der Waals surface area contributed by atoms with Crippen LogP contribution in [0, 0.1) is 0 Å². The Balaban J connectivity index is 0.00000361. The molecular weight excluding hydrogens is 360 g/mol. The van der Waals surface area contributed by atoms with E-state index in [1.165, 1.54) is 4.90 Å². The van der Waals surface area contributed by atoms with Crippen LogP contribution in [0.4, 0.5) is 0 Å². The largest absolute Gasteiger partial charge is 0.355 e. The molecule has 1 atom stereocenters. The molecule has 0 spiro atoms. The number of carbonyl (C=O) groups is 1. The van der Waals surface area contributed by atoms with Crippen molar-refractivity contribution in [2.24, 2.45) is 5.73 Å². The number of nitrogens with two attached hydrogens (primary N) is 1. The number of hydrogen-bond donors (Lipinski definition) is 2. The second-order valence-corrected chi connectivity index (χ2v) is 7.97. The van der Waals surface area contributed by atoms with Crippen molar-refractivity contribution < 1.29 is 4.79 Å². The Morgan fingerprint density at radius 2 is 1.95 bits per heavy atom. The van der Waals surface area contributed by atoms with Crippen LogP contribution in [-0.4, -0.2) is 23.2 Å². The molecule has 0 radical (unpaired) electrons. The van der Waals surface area contributed by atoms with Crippen LogP contribution in [0.1, 0.15) is 27.2 Å². The molecule has 1 aromatic rings. The number of halogens is 2. The van der Waals surface area contributed by atoms with Gasteiger partial charge in [-0.05, 0) is 45.0 Å². The fraction of sp³-hybridized carbons (Fsp3) is 0.500. The number of thioether (sulfide) groups is 1. The molecule has 1 rings (SSSR count). The van der Waals surface area contributed by atoms with Gasteiger partial charge in [0.05, 0.1) is 0 Å². The topological polar surface area (TPSA) is 55.1 Å². The van der Waals surface area contributed by atoms with E-state index < -0.39 is 0 Å². The second kappa shape index (κ2) is 8.93. The van der Waals surface area contributed by atoms with E-state index >= 15 is 0 Å². The van der Waals surface area contributed by atoms with Crippen molar-refractivity contribution in [1.82, 2.24) is 5.32 Å². The van der Waals surface area contributed by atoms with E-state index in [0.29, 0.717) is 13.0 Å². The standard InChI is InChI=1S/C14H21BrN2OS.ClH/c1-10(16)8-13(18)17-9-14(2,3)19-12-6-4-11(15)5-7-12;/h4-7,10H,8-9,16H2,1-3H3,(H,17,18);1H. The lowest BCUT2D eigenvalue weighted by Crippen LogP contribution is -2.38. The van der Waals surface area contributed by atoms with E-state index in [0.717, 1.165) is 4.47 Å². The molecule has 0 saturated carbocycles. The normalized spacial score (nSPS) is 12.4. The maximum Gasteiger partial charge on any atom is 0.221 e. The first-order chi connectivity index (χ1) is 8.78. The average Bonchev–Trinajstić information content (AvgIpc) is 2.29. The molecule has 3 nitrogen and oxygen atoms in total. The molecular formula is C14H22BrClN2OS. The molecule has 0 aliphatic heterocycles. The summed E-state index contributed by atoms with van der Waals surface area (Å²) in [6.45, 7) is 6.69. The summed E-state index contributed by atoms with van der Waals surface area (Å²) in [5.41, 5.74) is 5.60. The zero-order valence-electron chi connectivity index (χ0n) is 12.0. The third-order valence-corrected chi connectivity index (χ3v) is 4.16. The summed E-state index contributed by atoms with van der Waals surface area (Å²) in [7, 11) is 0. The van der Waals surface area contributed by atoms with Crippen molar-refractivity contribution in [2.45, 2.75) is 42.9 Å². The van der Waals surface area contributed by atoms with Crippen LogP contribution < -0.4 is 11.1 Å². The minimum atomic E-state index is -0.0951. The van der Waals surface area contributed by atoms with Crippen molar-refractivity contribution in [3.63, 3.8) is 0 Å². The van der Waals surface area contributed by atoms with Crippen LogP contribution in [0.5, 0.6) is 0 Å². The number of benzene rings is 1. The Morgan fingerprint density at radius 1 is 1.40 bits per heavy atom. The first-order valence-electron chi connectivity index (χ1n) is 6.25. The van der Waals surface area contributed by atoms with Crippen molar-refractivity contribution >= 4 is 46.0 Å². The summed E-state index contributed by atoms with van der Waals surface area (Å²) in [5, 5.41) is 2.94. The number of amides is 1. The molecule has 0 aliphatic rings. The number of hydrogen-bond acceptors (Lipinski definition) is 3. The summed E-state index contributed by atoms with van der Waals surface area (Å²) < 4.78 is 1.02. The molecule has 0 heterocycles. The van der Waals surface area contributed by atoms with Gasteiger partial charge in [-0.1, -0.05) is 15.9 Å². The predicted molar refractivity (Wildman–Crippen MR) is 92.6 cm³/mol. The summed E-state index contributed by atoms with van der Waals surface area (Å²) in [4.78, 5) is 12.8. The molecule has 3 N–H and O–H groups in total. The Morgan fingerprint density at radius 3 is 2.45 bits per heavy atom. The van der Waals surface area contributed by atoms with Crippen LogP contribution in [-0.2, 0) is 4.79 Å². The lowest BCUT2D eigenvalue weighted by atomic mass is 10.2. The highest BCUT2D eigenvalue weighted by molar-refractivity contribution is 9.10. The molecule has 0 aromatic heterocycles. The Kier molecular flexibility index (Phi) is 8.82. The van der Waals surface area contributed by atoms with Gasteiger partial charge in [0.25, 0.3) is 0 Å². The molecule has 1 unspecified atom stereocenters. The smallest absolute Gasteiger partial charge is 0.221 e. The van der Waals surface area contributed by atoms with E-state index in [-0.39, 0.29) is 29.1 Å². The molecule has 1 aromatic carbocycles. The minimum absolute atomic E-state index is 0. The van der Waals surface area contributed by atoms with Crippen LogP contribution in [0.15, 0.2) is 33.6 Å². The highest BCUT2D eigenvalue weighted by Gasteiger charge is 2.20. The Labute approximate surface area is 140 Å². The summed E-state index contributed by atoms with van der Waals surface area (Å²) >= 11 is 5.17. The van der Waals surface area contributed by atoms with Gasteiger partial charge in [0.2, 0.25) is 5.91 Å². The molecule has 0 aliphatic carbocycles. The van der Waals surface area contributed by atoms with Gasteiger partial charge in [-0.2, -0.15) is 0 Å². The SMILES string of the molecule is CC(N)CC(=O)NCC(C)(C)Sc1ccc(Br)cc1.Cl. The predicted octanol–water partition coefficient (Wildman–Crippen LogP) is 3.60. The summed E-state index contributed by atoms with van der Waals surface area (Å²) in [6, 6.07) is 8.09. The van der Waals surface area contributed by atoms with Crippen molar-refractivity contribution in [1.29, 1.82) is 0 Å². The Bertz CT molecular complexity index is 424. The average molecular weight is 382 g/mol. The zero-order valence-corrected chi connectivity index (χ0v) is 15.2. The number of nitrogens with one attached hydrogen (secondary N) is 1. The third-order valence-electron chi connectivity index (χ3n) is 2.43. The van der Waals surface area contributed by atoms with E-state index in [1.54, 1.807) is 11.8 Å². The molecule has 6 heteroatoms. The maximum atomic E-state index is 11.6. The fourth-order valence-electron chi connectivity index (χ4n) is 1.53. The summed E-state index contributed by atoms with van der Waals surface area (Å²) in [6.07, 6.45) is 0.374. The van der Waals surface area contributed by atoms with Crippen LogP contribution >= 0.6 is 40.1 Å². The van der Waals surface area contributed by atoms with Crippen molar-refractivity contribution in [2.75, 3.05) is 6.54 Å². The molecule has 0 saturated heterocycles. The van der Waals surface area contributed by atoms with Crippen molar-refractivity contribution in [3.8, 4) is 0 Å². The zero-order chi connectivity index (χ0) is 14.5. The highest BCUT2D eigenvalue weighted by Crippen LogP contribution is 2.32. The van der Waals surface area contributed by atoms with Gasteiger partial charge < -0.3 is 11.1 Å². The van der Waals surface area contributed by atoms with E-state index in [2.05, 4.69) is 47.2 Å². The van der Waals surface area contributed by atoms with Gasteiger partial charge in [-0.3, -0.25) is 4.79 Å². The molecule has 0 bridgehead atoms. The van der Waals surface area contributed by atoms with E-state index in [1.807, 2.05) is 19.1 Å². The molecule has 1 amide bonds. The number of carbonyl (C=O) groups excluding carboxylic acids is 1. The lowest BCUT2D eigenvalue weighted by molar-refractivity contribution is -0.121. The monoisotopic (exact) mass is 380 g/mol. The van der Waals surface area contributed by atoms with Gasteiger partial charge in [0, 0.05) is 33.1 Å². The fourth-order valence-corrected chi connectivity index (χ4v) is 2.85. The first kappa shape index (κ1) is 19.8. The molecule has 114 valence electrons. The number of rotatable bonds is 6. The molecule has 20 heavy (non-hydrogen) atoms. The molecule has 0 fully saturated rings. The van der Waals surface area contributed by atoms with E-state index in [9.17, 15) is 4.79 Å². The van der Waals surface area contributed by atoms with Gasteiger partial charge in [-0.15, -0.1) is 24.2 Å². The van der Waals surface area contributed by atoms with Gasteiger partial charge in [0.1, 0.15) is 0 Å². The highest BCUT2D eigenvalue weighted by atomic mass is 79.9. The van der Waals surface area contributed by atoms with Gasteiger partial charge in [0.15, 0.2) is 0 Å². The third kappa shape index (κ3) is 8.15. The quantitative estimate of drug-likeness (QED) is 0.740. The van der Waals surface area contributed by atoms with Gasteiger partial charge >= 0.3 is 0 Å². The van der Waals surface area contributed by atoms with Crippen LogP contribution in [0.2, 0.25) is 0 Å². The Hall–Kier alpha value is -0.230. The minimum Gasteiger partial charge on any atom is -0.355 e. The maximum absolute atomic E-state index is 11.6. The van der Waals surface area contributed by atoms with E-state index in [4.69, 9.17) is 5.73 Å².